The average molecular weight is 275 g/mol. The maximum Gasteiger partial charge on any atom is 0.336 e. The van der Waals surface area contributed by atoms with Crippen molar-refractivity contribution in [2.24, 2.45) is 0 Å². The quantitative estimate of drug-likeness (QED) is 0.901. The molecule has 0 aliphatic heterocycles. The fourth-order valence-electron chi connectivity index (χ4n) is 1.75. The zero-order valence-electron chi connectivity index (χ0n) is 10.3. The van der Waals surface area contributed by atoms with Gasteiger partial charge in [0.15, 0.2) is 0 Å². The molecule has 1 aromatic carbocycles. The Bertz CT molecular complexity index is 592. The zero-order chi connectivity index (χ0) is 13.8. The Morgan fingerprint density at radius 3 is 2.42 bits per heavy atom. The van der Waals surface area contributed by atoms with Gasteiger partial charge in [-0.3, -0.25) is 4.79 Å². The fraction of sp³-hybridized carbons (Fsp3) is 0.143. The molecule has 0 aliphatic rings. The van der Waals surface area contributed by atoms with Crippen LogP contribution in [0.4, 0.5) is 0 Å². The summed E-state index contributed by atoms with van der Waals surface area (Å²) >= 11 is 1.55. The third-order valence-electron chi connectivity index (χ3n) is 2.72. The highest BCUT2D eigenvalue weighted by Crippen LogP contribution is 2.19. The number of rotatable bonds is 4. The highest BCUT2D eigenvalue weighted by atomic mass is 32.1. The standard InChI is InChI=1S/C14H13NO3S/c1-9(12-7-4-8-19-12)15-13(16)10-5-2-3-6-11(10)14(17)18/h2-9H,1H3,(H,15,16)(H,17,18). The molecule has 5 heteroatoms. The van der Waals surface area contributed by atoms with E-state index in [2.05, 4.69) is 5.32 Å². The van der Waals surface area contributed by atoms with Gasteiger partial charge in [0.05, 0.1) is 17.2 Å². The molecule has 0 spiro atoms. The van der Waals surface area contributed by atoms with Crippen molar-refractivity contribution in [1.29, 1.82) is 0 Å². The van der Waals surface area contributed by atoms with Crippen molar-refractivity contribution in [2.45, 2.75) is 13.0 Å². The number of benzene rings is 1. The summed E-state index contributed by atoms with van der Waals surface area (Å²) in [5, 5.41) is 13.8. The molecule has 0 saturated carbocycles. The largest absolute Gasteiger partial charge is 0.478 e. The molecule has 0 aliphatic carbocycles. The van der Waals surface area contributed by atoms with E-state index >= 15 is 0 Å². The first kappa shape index (κ1) is 13.3. The molecule has 98 valence electrons. The van der Waals surface area contributed by atoms with Crippen LogP contribution in [-0.2, 0) is 0 Å². The van der Waals surface area contributed by atoms with Crippen molar-refractivity contribution in [1.82, 2.24) is 5.32 Å². The van der Waals surface area contributed by atoms with Gasteiger partial charge in [-0.05, 0) is 30.5 Å². The molecule has 1 heterocycles. The second kappa shape index (κ2) is 5.67. The predicted molar refractivity (Wildman–Crippen MR) is 73.6 cm³/mol. The third-order valence-corrected chi connectivity index (χ3v) is 3.77. The Kier molecular flexibility index (Phi) is 3.97. The van der Waals surface area contributed by atoms with E-state index in [1.165, 1.54) is 12.1 Å². The molecule has 0 bridgehead atoms. The molecule has 2 aromatic rings. The number of hydrogen-bond acceptors (Lipinski definition) is 3. The number of nitrogens with one attached hydrogen (secondary N) is 1. The summed E-state index contributed by atoms with van der Waals surface area (Å²) in [6.45, 7) is 1.87. The van der Waals surface area contributed by atoms with Crippen molar-refractivity contribution in [2.75, 3.05) is 0 Å². The minimum Gasteiger partial charge on any atom is -0.478 e. The van der Waals surface area contributed by atoms with Gasteiger partial charge in [0, 0.05) is 4.88 Å². The van der Waals surface area contributed by atoms with Crippen LogP contribution in [0.2, 0.25) is 0 Å². The lowest BCUT2D eigenvalue weighted by atomic mass is 10.1. The molecule has 1 atom stereocenters. The van der Waals surface area contributed by atoms with E-state index in [0.717, 1.165) is 4.88 Å². The van der Waals surface area contributed by atoms with Gasteiger partial charge in [-0.1, -0.05) is 18.2 Å². The van der Waals surface area contributed by atoms with E-state index in [1.807, 2.05) is 24.4 Å². The van der Waals surface area contributed by atoms with Gasteiger partial charge < -0.3 is 10.4 Å². The molecule has 1 unspecified atom stereocenters. The Morgan fingerprint density at radius 1 is 1.16 bits per heavy atom. The van der Waals surface area contributed by atoms with Gasteiger partial charge >= 0.3 is 5.97 Å². The fourth-order valence-corrected chi connectivity index (χ4v) is 2.49. The highest BCUT2D eigenvalue weighted by molar-refractivity contribution is 7.10. The summed E-state index contributed by atoms with van der Waals surface area (Å²) < 4.78 is 0. The second-order valence-corrected chi connectivity index (χ2v) is 5.04. The molecule has 2 rings (SSSR count). The van der Waals surface area contributed by atoms with Crippen LogP contribution in [0.1, 0.15) is 38.6 Å². The topological polar surface area (TPSA) is 66.4 Å². The predicted octanol–water partition coefficient (Wildman–Crippen LogP) is 2.94. The molecule has 1 aromatic heterocycles. The molecule has 0 fully saturated rings. The van der Waals surface area contributed by atoms with Crippen LogP contribution in [0, 0.1) is 0 Å². The Balaban J connectivity index is 2.19. The molecule has 2 N–H and O–H groups in total. The van der Waals surface area contributed by atoms with Crippen LogP contribution in [0.3, 0.4) is 0 Å². The van der Waals surface area contributed by atoms with E-state index in [9.17, 15) is 9.59 Å². The lowest BCUT2D eigenvalue weighted by Crippen LogP contribution is -2.27. The molecular formula is C14H13NO3S. The van der Waals surface area contributed by atoms with Crippen molar-refractivity contribution >= 4 is 23.2 Å². The normalized spacial score (nSPS) is 11.8. The molecule has 1 amide bonds. The second-order valence-electron chi connectivity index (χ2n) is 4.06. The smallest absolute Gasteiger partial charge is 0.336 e. The van der Waals surface area contributed by atoms with Gasteiger partial charge in [0.2, 0.25) is 0 Å². The van der Waals surface area contributed by atoms with Gasteiger partial charge in [-0.2, -0.15) is 0 Å². The summed E-state index contributed by atoms with van der Waals surface area (Å²) in [4.78, 5) is 24.2. The SMILES string of the molecule is CC(NC(=O)c1ccccc1C(=O)O)c1cccs1. The van der Waals surface area contributed by atoms with Crippen LogP contribution in [0.5, 0.6) is 0 Å². The summed E-state index contributed by atoms with van der Waals surface area (Å²) in [7, 11) is 0. The third kappa shape index (κ3) is 3.00. The number of carboxylic acid groups (broad SMARTS) is 1. The zero-order valence-corrected chi connectivity index (χ0v) is 11.1. The number of carboxylic acids is 1. The number of carbonyl (C=O) groups is 2. The highest BCUT2D eigenvalue weighted by Gasteiger charge is 2.18. The summed E-state index contributed by atoms with van der Waals surface area (Å²) in [6.07, 6.45) is 0. The van der Waals surface area contributed by atoms with Crippen LogP contribution in [0.15, 0.2) is 41.8 Å². The van der Waals surface area contributed by atoms with Crippen molar-refractivity contribution < 1.29 is 14.7 Å². The van der Waals surface area contributed by atoms with Crippen LogP contribution in [-0.4, -0.2) is 17.0 Å². The minimum atomic E-state index is -1.10. The number of thiophene rings is 1. The van der Waals surface area contributed by atoms with Gasteiger partial charge in [0.25, 0.3) is 5.91 Å². The number of aromatic carboxylic acids is 1. The van der Waals surface area contributed by atoms with Crippen LogP contribution in [0.25, 0.3) is 0 Å². The summed E-state index contributed by atoms with van der Waals surface area (Å²) in [5.74, 6) is -1.48. The van der Waals surface area contributed by atoms with E-state index in [1.54, 1.807) is 23.5 Å². The lowest BCUT2D eigenvalue weighted by molar-refractivity contribution is 0.0690. The van der Waals surface area contributed by atoms with E-state index in [-0.39, 0.29) is 23.1 Å². The minimum absolute atomic E-state index is 0.0124. The Morgan fingerprint density at radius 2 is 1.84 bits per heavy atom. The van der Waals surface area contributed by atoms with Crippen LogP contribution >= 0.6 is 11.3 Å². The first-order valence-corrected chi connectivity index (χ1v) is 6.64. The van der Waals surface area contributed by atoms with Crippen molar-refractivity contribution in [3.63, 3.8) is 0 Å². The Labute approximate surface area is 114 Å². The molecule has 4 nitrogen and oxygen atoms in total. The van der Waals surface area contributed by atoms with E-state index in [4.69, 9.17) is 5.11 Å². The van der Waals surface area contributed by atoms with Crippen molar-refractivity contribution in [3.8, 4) is 0 Å². The molecular weight excluding hydrogens is 262 g/mol. The summed E-state index contributed by atoms with van der Waals surface area (Å²) in [6, 6.07) is 9.88. The van der Waals surface area contributed by atoms with Gasteiger partial charge in [-0.25, -0.2) is 4.79 Å². The van der Waals surface area contributed by atoms with E-state index < -0.39 is 5.97 Å². The first-order valence-electron chi connectivity index (χ1n) is 5.76. The number of amides is 1. The molecule has 0 radical (unpaired) electrons. The van der Waals surface area contributed by atoms with Crippen LogP contribution < -0.4 is 5.32 Å². The number of hydrogen-bond donors (Lipinski definition) is 2. The summed E-state index contributed by atoms with van der Waals surface area (Å²) in [5.41, 5.74) is 0.191. The van der Waals surface area contributed by atoms with Gasteiger partial charge in [-0.15, -0.1) is 11.3 Å². The molecule has 0 saturated heterocycles. The lowest BCUT2D eigenvalue weighted by Gasteiger charge is -2.13. The average Bonchev–Trinajstić information content (AvgIpc) is 2.92. The maximum atomic E-state index is 12.1. The maximum absolute atomic E-state index is 12.1. The first-order chi connectivity index (χ1) is 9.09. The number of carbonyl (C=O) groups excluding carboxylic acids is 1. The monoisotopic (exact) mass is 275 g/mol. The molecule has 19 heavy (non-hydrogen) atoms. The Hall–Kier alpha value is -2.14. The van der Waals surface area contributed by atoms with Gasteiger partial charge in [0.1, 0.15) is 0 Å². The van der Waals surface area contributed by atoms with Crippen molar-refractivity contribution in [3.05, 3.63) is 57.8 Å². The van der Waals surface area contributed by atoms with E-state index in [0.29, 0.717) is 0 Å².